The van der Waals surface area contributed by atoms with Gasteiger partial charge in [-0.25, -0.2) is 4.98 Å². The van der Waals surface area contributed by atoms with Crippen LogP contribution in [0.25, 0.3) is 10.2 Å². The zero-order chi connectivity index (χ0) is 8.39. The molecule has 2 nitrogen and oxygen atoms in total. The summed E-state index contributed by atoms with van der Waals surface area (Å²) in [5.74, 6) is 0. The fraction of sp³-hybridized carbons (Fsp3) is 0.143. The van der Waals surface area contributed by atoms with Gasteiger partial charge in [-0.1, -0.05) is 11.8 Å². The first-order valence-electron chi connectivity index (χ1n) is 3.34. The lowest BCUT2D eigenvalue weighted by molar-refractivity contribution is 1.29. The first-order chi connectivity index (χ1) is 5.90. The summed E-state index contributed by atoms with van der Waals surface area (Å²) in [5.41, 5.74) is 1.03. The Kier molecular flexibility index (Phi) is 2.53. The summed E-state index contributed by atoms with van der Waals surface area (Å²) < 4.78 is 2.20. The van der Waals surface area contributed by atoms with E-state index < -0.39 is 0 Å². The average molecular weight is 214 g/mol. The number of nitrogens with zero attached hydrogens (tertiary/aromatic N) is 2. The highest BCUT2D eigenvalue weighted by atomic mass is 32.2. The maximum absolute atomic E-state index is 4.40. The second kappa shape index (κ2) is 3.64. The molecule has 0 saturated heterocycles. The molecule has 0 N–H and O–H groups in total. The molecule has 5 heteroatoms. The van der Waals surface area contributed by atoms with Crippen LogP contribution in [-0.2, 0) is 0 Å². The number of fused-ring (bicyclic) bond motifs is 1. The van der Waals surface area contributed by atoms with Gasteiger partial charge in [0.15, 0.2) is 4.34 Å². The molecule has 2 heterocycles. The van der Waals surface area contributed by atoms with Gasteiger partial charge in [0, 0.05) is 17.5 Å². The van der Waals surface area contributed by atoms with Crippen molar-refractivity contribution in [2.45, 2.75) is 4.34 Å². The summed E-state index contributed by atoms with van der Waals surface area (Å²) in [7, 11) is 0. The number of hydrogen-bond donors (Lipinski definition) is 1. The number of aromatic nitrogens is 2. The van der Waals surface area contributed by atoms with E-state index in [0.717, 1.165) is 19.6 Å². The van der Waals surface area contributed by atoms with Crippen molar-refractivity contribution in [2.24, 2.45) is 0 Å². The van der Waals surface area contributed by atoms with E-state index in [9.17, 15) is 0 Å². The van der Waals surface area contributed by atoms with Gasteiger partial charge in [0.2, 0.25) is 0 Å². The van der Waals surface area contributed by atoms with Crippen molar-refractivity contribution < 1.29 is 0 Å². The fourth-order valence-corrected chi connectivity index (χ4v) is 3.12. The second-order valence-electron chi connectivity index (χ2n) is 2.10. The minimum Gasteiger partial charge on any atom is -0.263 e. The molecule has 0 unspecified atom stereocenters. The van der Waals surface area contributed by atoms with Gasteiger partial charge in [0.05, 0.1) is 10.2 Å². The lowest BCUT2D eigenvalue weighted by atomic mass is 10.5. The molecule has 2 rings (SSSR count). The van der Waals surface area contributed by atoms with E-state index in [2.05, 4.69) is 22.6 Å². The van der Waals surface area contributed by atoms with Crippen LogP contribution in [0.3, 0.4) is 0 Å². The molecule has 0 fully saturated rings. The Morgan fingerprint density at radius 3 is 3.25 bits per heavy atom. The van der Waals surface area contributed by atoms with E-state index in [-0.39, 0.29) is 0 Å². The molecule has 12 heavy (non-hydrogen) atoms. The largest absolute Gasteiger partial charge is 0.263 e. The third-order valence-electron chi connectivity index (χ3n) is 1.36. The second-order valence-corrected chi connectivity index (χ2v) is 5.09. The highest BCUT2D eigenvalue weighted by Gasteiger charge is 2.01. The van der Waals surface area contributed by atoms with Crippen molar-refractivity contribution in [3.05, 3.63) is 18.5 Å². The summed E-state index contributed by atoms with van der Waals surface area (Å²) in [6, 6.07) is 1.93. The summed E-state index contributed by atoms with van der Waals surface area (Å²) in [4.78, 5) is 8.42. The molecule has 0 aliphatic heterocycles. The fourth-order valence-electron chi connectivity index (χ4n) is 0.876. The number of hydrogen-bond acceptors (Lipinski definition) is 5. The topological polar surface area (TPSA) is 25.8 Å². The van der Waals surface area contributed by atoms with Crippen LogP contribution < -0.4 is 0 Å². The molecule has 2 aromatic heterocycles. The van der Waals surface area contributed by atoms with Crippen molar-refractivity contribution in [3.63, 3.8) is 0 Å². The summed E-state index contributed by atoms with van der Waals surface area (Å²) >= 11 is 7.43. The Balaban J connectivity index is 2.47. The van der Waals surface area contributed by atoms with Gasteiger partial charge in [-0.05, 0) is 6.07 Å². The number of thiol groups is 1. The van der Waals surface area contributed by atoms with Gasteiger partial charge in [0.1, 0.15) is 0 Å². The quantitative estimate of drug-likeness (QED) is 0.473. The van der Waals surface area contributed by atoms with E-state index in [1.807, 2.05) is 12.3 Å². The molecular weight excluding hydrogens is 208 g/mol. The molecule has 0 saturated carbocycles. The van der Waals surface area contributed by atoms with Crippen LogP contribution >= 0.6 is 35.7 Å². The van der Waals surface area contributed by atoms with Gasteiger partial charge >= 0.3 is 0 Å². The van der Waals surface area contributed by atoms with Crippen LogP contribution in [0, 0.1) is 0 Å². The van der Waals surface area contributed by atoms with Crippen molar-refractivity contribution in [1.82, 2.24) is 9.97 Å². The maximum Gasteiger partial charge on any atom is 0.151 e. The highest BCUT2D eigenvalue weighted by Crippen LogP contribution is 2.28. The van der Waals surface area contributed by atoms with E-state index in [1.54, 1.807) is 29.3 Å². The third-order valence-corrected chi connectivity index (χ3v) is 3.62. The van der Waals surface area contributed by atoms with Crippen molar-refractivity contribution >= 4 is 45.9 Å². The maximum atomic E-state index is 4.40. The van der Waals surface area contributed by atoms with Gasteiger partial charge < -0.3 is 0 Å². The first-order valence-corrected chi connectivity index (χ1v) is 5.78. The molecule has 0 spiro atoms. The first kappa shape index (κ1) is 8.34. The van der Waals surface area contributed by atoms with Crippen LogP contribution in [0.2, 0.25) is 0 Å². The molecule has 0 aromatic carbocycles. The molecule has 0 radical (unpaired) electrons. The van der Waals surface area contributed by atoms with Gasteiger partial charge in [-0.3, -0.25) is 4.98 Å². The minimum absolute atomic E-state index is 0.771. The van der Waals surface area contributed by atoms with E-state index in [4.69, 9.17) is 0 Å². The molecule has 0 bridgehead atoms. The molecule has 0 aliphatic carbocycles. The summed E-state index contributed by atoms with van der Waals surface area (Å²) in [6.45, 7) is 0. The summed E-state index contributed by atoms with van der Waals surface area (Å²) in [5, 5.41) is 0.771. The van der Waals surface area contributed by atoms with Crippen LogP contribution in [-0.4, -0.2) is 15.1 Å². The standard InChI is InChI=1S/C7H6N2S3/c10-4-11-7-9-5-1-2-8-3-6(5)12-7/h1-3,10H,4H2. The Hall–Kier alpha value is -0.260. The lowest BCUT2D eigenvalue weighted by Crippen LogP contribution is -1.69. The number of rotatable bonds is 2. The zero-order valence-corrected chi connectivity index (χ0v) is 8.62. The molecule has 0 aliphatic rings. The van der Waals surface area contributed by atoms with Gasteiger partial charge in [-0.15, -0.1) is 11.3 Å². The van der Waals surface area contributed by atoms with Crippen LogP contribution in [0.15, 0.2) is 22.8 Å². The van der Waals surface area contributed by atoms with Crippen molar-refractivity contribution in [2.75, 3.05) is 5.08 Å². The summed E-state index contributed by atoms with van der Waals surface area (Å²) in [6.07, 6.45) is 3.60. The molecule has 62 valence electrons. The predicted octanol–water partition coefficient (Wildman–Crippen LogP) is 2.67. The van der Waals surface area contributed by atoms with E-state index in [0.29, 0.717) is 0 Å². The normalized spacial score (nSPS) is 10.8. The Morgan fingerprint density at radius 2 is 2.50 bits per heavy atom. The molecule has 2 aromatic rings. The predicted molar refractivity (Wildman–Crippen MR) is 57.1 cm³/mol. The smallest absolute Gasteiger partial charge is 0.151 e. The minimum atomic E-state index is 0.771. The number of pyridine rings is 1. The van der Waals surface area contributed by atoms with Crippen LogP contribution in [0.1, 0.15) is 0 Å². The number of thioether (sulfide) groups is 1. The van der Waals surface area contributed by atoms with E-state index in [1.165, 1.54) is 0 Å². The van der Waals surface area contributed by atoms with Gasteiger partial charge in [0.25, 0.3) is 0 Å². The molecular formula is C7H6N2S3. The Labute approximate surface area is 83.8 Å². The van der Waals surface area contributed by atoms with Crippen LogP contribution in [0.4, 0.5) is 0 Å². The highest BCUT2D eigenvalue weighted by molar-refractivity contribution is 8.10. The van der Waals surface area contributed by atoms with E-state index >= 15 is 0 Å². The van der Waals surface area contributed by atoms with Crippen LogP contribution in [0.5, 0.6) is 0 Å². The third kappa shape index (κ3) is 1.57. The number of thiazole rings is 1. The average Bonchev–Trinajstić information content (AvgIpc) is 2.47. The lowest BCUT2D eigenvalue weighted by Gasteiger charge is -1.84. The Morgan fingerprint density at radius 1 is 1.58 bits per heavy atom. The van der Waals surface area contributed by atoms with Crippen molar-refractivity contribution in [1.29, 1.82) is 0 Å². The molecule has 0 amide bonds. The monoisotopic (exact) mass is 214 g/mol. The van der Waals surface area contributed by atoms with Crippen molar-refractivity contribution in [3.8, 4) is 0 Å². The SMILES string of the molecule is SCSc1nc2ccncc2s1. The molecule has 0 atom stereocenters. The Bertz CT molecular complexity index is 352. The zero-order valence-electron chi connectivity index (χ0n) is 6.10. The van der Waals surface area contributed by atoms with Gasteiger partial charge in [-0.2, -0.15) is 12.6 Å².